The second kappa shape index (κ2) is 11.7. The molecule has 0 bridgehead atoms. The minimum Gasteiger partial charge on any atom is -0.462 e. The van der Waals surface area contributed by atoms with Crippen LogP contribution in [0.5, 0.6) is 0 Å². The number of halogens is 1. The van der Waals surface area contributed by atoms with Crippen molar-refractivity contribution < 1.29 is 14.3 Å². The first-order chi connectivity index (χ1) is 17.4. The molecule has 7 nitrogen and oxygen atoms in total. The lowest BCUT2D eigenvalue weighted by Crippen LogP contribution is -2.27. The van der Waals surface area contributed by atoms with Crippen molar-refractivity contribution >= 4 is 56.8 Å². The van der Waals surface area contributed by atoms with Gasteiger partial charge in [0.2, 0.25) is 5.91 Å². The molecule has 2 heterocycles. The molecule has 2 aromatic carbocycles. The van der Waals surface area contributed by atoms with Crippen LogP contribution in [0.15, 0.2) is 64.5 Å². The highest BCUT2D eigenvalue weighted by molar-refractivity contribution is 7.99. The smallest absolute Gasteiger partial charge is 0.348 e. The number of hydrogen-bond acceptors (Lipinski definition) is 7. The molecule has 4 aromatic rings. The summed E-state index contributed by atoms with van der Waals surface area (Å²) in [5.41, 5.74) is 1.98. The van der Waals surface area contributed by atoms with Gasteiger partial charge in [-0.3, -0.25) is 14.2 Å². The summed E-state index contributed by atoms with van der Waals surface area (Å²) >= 11 is 8.66. The van der Waals surface area contributed by atoms with E-state index in [2.05, 4.69) is 10.3 Å². The minimum atomic E-state index is -0.482. The molecule has 1 N–H and O–H groups in total. The largest absolute Gasteiger partial charge is 0.462 e. The number of aromatic nitrogens is 2. The van der Waals surface area contributed by atoms with Crippen LogP contribution < -0.4 is 10.9 Å². The summed E-state index contributed by atoms with van der Waals surface area (Å²) in [6.07, 6.45) is 0. The van der Waals surface area contributed by atoms with E-state index in [-0.39, 0.29) is 30.4 Å². The van der Waals surface area contributed by atoms with Gasteiger partial charge in [0.1, 0.15) is 9.71 Å². The molecule has 4 rings (SSSR count). The first-order valence-electron chi connectivity index (χ1n) is 11.3. The van der Waals surface area contributed by atoms with E-state index in [9.17, 15) is 14.4 Å². The monoisotopic (exact) mass is 541 g/mol. The number of thioether (sulfide) groups is 1. The average molecular weight is 542 g/mol. The number of carbonyl (C=O) groups is 2. The predicted octanol–water partition coefficient (Wildman–Crippen LogP) is 5.05. The zero-order valence-electron chi connectivity index (χ0n) is 19.7. The minimum absolute atomic E-state index is 0.0718. The Balaban J connectivity index is 1.67. The number of thiophene rings is 1. The molecule has 0 unspecified atom stereocenters. The molecular weight excluding hydrogens is 518 g/mol. The van der Waals surface area contributed by atoms with E-state index in [1.54, 1.807) is 19.9 Å². The van der Waals surface area contributed by atoms with Gasteiger partial charge in [-0.15, -0.1) is 11.3 Å². The van der Waals surface area contributed by atoms with Crippen LogP contribution in [0.1, 0.15) is 33.3 Å². The summed E-state index contributed by atoms with van der Waals surface area (Å²) in [6, 6.07) is 16.9. The molecule has 0 spiro atoms. The van der Waals surface area contributed by atoms with Crippen LogP contribution >= 0.6 is 34.7 Å². The van der Waals surface area contributed by atoms with Gasteiger partial charge in [-0.1, -0.05) is 71.9 Å². The number of rotatable bonds is 9. The number of aryl methyl sites for hydroxylation is 1. The second-order valence-corrected chi connectivity index (χ2v) is 10.2. The van der Waals surface area contributed by atoms with Crippen molar-refractivity contribution in [2.45, 2.75) is 32.1 Å². The first-order valence-corrected chi connectivity index (χ1v) is 13.4. The quantitative estimate of drug-likeness (QED) is 0.181. The van der Waals surface area contributed by atoms with Crippen LogP contribution in [0.4, 0.5) is 0 Å². The number of amides is 1. The van der Waals surface area contributed by atoms with Gasteiger partial charge in [-0.05, 0) is 36.6 Å². The second-order valence-electron chi connectivity index (χ2n) is 7.88. The number of nitrogens with zero attached hydrogens (tertiary/aromatic N) is 2. The molecule has 0 aliphatic rings. The Morgan fingerprint density at radius 1 is 1.14 bits per heavy atom. The Bertz CT molecular complexity index is 1470. The van der Waals surface area contributed by atoms with E-state index in [1.165, 1.54) is 16.3 Å². The lowest BCUT2D eigenvalue weighted by molar-refractivity contribution is -0.118. The third-order valence-electron chi connectivity index (χ3n) is 5.43. The summed E-state index contributed by atoms with van der Waals surface area (Å²) in [6.45, 7) is 4.27. The molecule has 0 aliphatic carbocycles. The maximum absolute atomic E-state index is 13.7. The normalized spacial score (nSPS) is 11.0. The lowest BCUT2D eigenvalue weighted by Gasteiger charge is -2.13. The van der Waals surface area contributed by atoms with E-state index in [4.69, 9.17) is 16.3 Å². The SMILES string of the molecule is CCOC(=O)c1sc2nc(SCC(=O)NCc3ccccc3)n(Cc3ccccc3Cl)c(=O)c2c1C. The molecule has 0 radical (unpaired) electrons. The molecule has 0 fully saturated rings. The van der Waals surface area contributed by atoms with Crippen molar-refractivity contribution in [1.29, 1.82) is 0 Å². The van der Waals surface area contributed by atoms with E-state index in [1.807, 2.05) is 48.5 Å². The number of ether oxygens (including phenoxy) is 1. The molecule has 186 valence electrons. The molecule has 0 atom stereocenters. The number of esters is 1. The average Bonchev–Trinajstić information content (AvgIpc) is 3.21. The molecule has 0 aliphatic heterocycles. The van der Waals surface area contributed by atoms with Crippen LogP contribution in [-0.2, 0) is 22.6 Å². The molecule has 36 heavy (non-hydrogen) atoms. The van der Waals surface area contributed by atoms with Crippen molar-refractivity contribution in [3.8, 4) is 0 Å². The Labute approximate surface area is 221 Å². The Kier molecular flexibility index (Phi) is 8.45. The number of nitrogens with one attached hydrogen (secondary N) is 1. The zero-order valence-corrected chi connectivity index (χ0v) is 22.1. The standard InChI is InChI=1S/C26H24ClN3O4S2/c1-3-34-25(33)22-16(2)21-23(36-22)29-26(30(24(21)32)14-18-11-7-8-12-19(18)27)35-15-20(31)28-13-17-9-5-4-6-10-17/h4-12H,3,13-15H2,1-2H3,(H,28,31). The van der Waals surface area contributed by atoms with E-state index in [0.717, 1.165) is 22.5 Å². The van der Waals surface area contributed by atoms with Crippen LogP contribution in [0.25, 0.3) is 10.2 Å². The molecule has 1 amide bonds. The Hall–Kier alpha value is -3.14. The summed E-state index contributed by atoms with van der Waals surface area (Å²) in [7, 11) is 0. The van der Waals surface area contributed by atoms with Gasteiger partial charge in [0, 0.05) is 11.6 Å². The van der Waals surface area contributed by atoms with Crippen LogP contribution in [-0.4, -0.2) is 33.8 Å². The topological polar surface area (TPSA) is 90.3 Å². The van der Waals surface area contributed by atoms with Crippen molar-refractivity contribution in [2.75, 3.05) is 12.4 Å². The maximum Gasteiger partial charge on any atom is 0.348 e. The summed E-state index contributed by atoms with van der Waals surface area (Å²) < 4.78 is 6.66. The summed E-state index contributed by atoms with van der Waals surface area (Å²) in [4.78, 5) is 44.1. The fourth-order valence-electron chi connectivity index (χ4n) is 3.61. The van der Waals surface area contributed by atoms with Gasteiger partial charge in [-0.25, -0.2) is 9.78 Å². The maximum atomic E-state index is 13.7. The number of benzene rings is 2. The summed E-state index contributed by atoms with van der Waals surface area (Å²) in [5, 5.41) is 4.15. The number of carbonyl (C=O) groups excluding carboxylic acids is 2. The Morgan fingerprint density at radius 2 is 1.86 bits per heavy atom. The Morgan fingerprint density at radius 3 is 2.58 bits per heavy atom. The van der Waals surface area contributed by atoms with Gasteiger partial charge in [-0.2, -0.15) is 0 Å². The fourth-order valence-corrected chi connectivity index (χ4v) is 5.75. The van der Waals surface area contributed by atoms with Crippen LogP contribution in [0.2, 0.25) is 5.02 Å². The highest BCUT2D eigenvalue weighted by Crippen LogP contribution is 2.30. The van der Waals surface area contributed by atoms with Gasteiger partial charge in [0.05, 0.1) is 24.3 Å². The highest BCUT2D eigenvalue weighted by atomic mass is 35.5. The van der Waals surface area contributed by atoms with E-state index in [0.29, 0.717) is 37.4 Å². The van der Waals surface area contributed by atoms with E-state index < -0.39 is 5.97 Å². The van der Waals surface area contributed by atoms with Crippen LogP contribution in [0.3, 0.4) is 0 Å². The molecule has 2 aromatic heterocycles. The number of fused-ring (bicyclic) bond motifs is 1. The lowest BCUT2D eigenvalue weighted by atomic mass is 10.2. The van der Waals surface area contributed by atoms with Crippen molar-refractivity contribution in [3.05, 3.63) is 91.5 Å². The zero-order chi connectivity index (χ0) is 25.7. The van der Waals surface area contributed by atoms with Gasteiger partial charge in [0.25, 0.3) is 5.56 Å². The molecular formula is C26H24ClN3O4S2. The molecule has 10 heteroatoms. The van der Waals surface area contributed by atoms with Crippen molar-refractivity contribution in [2.24, 2.45) is 0 Å². The van der Waals surface area contributed by atoms with Gasteiger partial charge in [0.15, 0.2) is 5.16 Å². The van der Waals surface area contributed by atoms with E-state index >= 15 is 0 Å². The third kappa shape index (κ3) is 5.80. The van der Waals surface area contributed by atoms with Crippen molar-refractivity contribution in [1.82, 2.24) is 14.9 Å². The third-order valence-corrected chi connectivity index (χ3v) is 7.94. The van der Waals surface area contributed by atoms with Gasteiger partial charge < -0.3 is 10.1 Å². The fraction of sp³-hybridized carbons (Fsp3) is 0.231. The van der Waals surface area contributed by atoms with Gasteiger partial charge >= 0.3 is 5.97 Å². The first kappa shape index (κ1) is 25.9. The highest BCUT2D eigenvalue weighted by Gasteiger charge is 2.23. The predicted molar refractivity (Wildman–Crippen MR) is 144 cm³/mol. The number of hydrogen-bond donors (Lipinski definition) is 1. The van der Waals surface area contributed by atoms with Crippen LogP contribution in [0, 0.1) is 6.92 Å². The molecule has 0 saturated carbocycles. The molecule has 0 saturated heterocycles. The summed E-state index contributed by atoms with van der Waals surface area (Å²) in [5.74, 6) is -0.593. The van der Waals surface area contributed by atoms with Crippen molar-refractivity contribution in [3.63, 3.8) is 0 Å².